The number of benzene rings is 1. The Balaban J connectivity index is 2.89. The van der Waals surface area contributed by atoms with Crippen LogP contribution in [0.15, 0.2) is 30.3 Å². The van der Waals surface area contributed by atoms with Gasteiger partial charge in [-0.15, -0.1) is 6.42 Å². The molecule has 0 N–H and O–H groups in total. The van der Waals surface area contributed by atoms with Crippen LogP contribution in [-0.2, 0) is 4.79 Å². The number of para-hydroxylation sites is 1. The fourth-order valence-corrected chi connectivity index (χ4v) is 1.71. The predicted octanol–water partition coefficient (Wildman–Crippen LogP) is 2.48. The number of amides is 1. The van der Waals surface area contributed by atoms with Crippen LogP contribution in [0.4, 0.5) is 5.69 Å². The summed E-state index contributed by atoms with van der Waals surface area (Å²) in [6.07, 6.45) is 8.77. The van der Waals surface area contributed by atoms with Gasteiger partial charge in [-0.3, -0.25) is 14.9 Å². The molecule has 0 radical (unpaired) electrons. The largest absolute Gasteiger partial charge is 0.328 e. The van der Waals surface area contributed by atoms with Crippen molar-refractivity contribution in [1.82, 2.24) is 4.90 Å². The molecule has 1 aromatic rings. The number of rotatable bonds is 6. The van der Waals surface area contributed by atoms with E-state index in [1.54, 1.807) is 18.2 Å². The first kappa shape index (κ1) is 15.4. The van der Waals surface area contributed by atoms with Crippen molar-refractivity contribution in [1.29, 1.82) is 0 Å². The molecule has 0 heterocycles. The number of nitro groups is 1. The van der Waals surface area contributed by atoms with E-state index >= 15 is 0 Å². The van der Waals surface area contributed by atoms with E-state index in [1.807, 2.05) is 6.92 Å². The molecule has 0 bridgehead atoms. The molecule has 0 aliphatic rings. The summed E-state index contributed by atoms with van der Waals surface area (Å²) in [5.74, 6) is 2.18. The van der Waals surface area contributed by atoms with Gasteiger partial charge in [-0.05, 0) is 18.6 Å². The second-order valence-electron chi connectivity index (χ2n) is 4.11. The third-order valence-corrected chi connectivity index (χ3v) is 2.63. The average Bonchev–Trinajstić information content (AvgIpc) is 2.44. The first-order valence-electron chi connectivity index (χ1n) is 6.24. The van der Waals surface area contributed by atoms with Gasteiger partial charge >= 0.3 is 0 Å². The van der Waals surface area contributed by atoms with Crippen molar-refractivity contribution in [2.24, 2.45) is 0 Å². The van der Waals surface area contributed by atoms with Crippen LogP contribution in [0, 0.1) is 22.5 Å². The van der Waals surface area contributed by atoms with Crippen molar-refractivity contribution in [3.63, 3.8) is 0 Å². The minimum absolute atomic E-state index is 0.0319. The monoisotopic (exact) mass is 272 g/mol. The van der Waals surface area contributed by atoms with E-state index in [4.69, 9.17) is 6.42 Å². The number of hydrogen-bond acceptors (Lipinski definition) is 3. The SMILES string of the molecule is C#CCN(CCC)C(=O)/C=C/c1ccccc1[N+](=O)[O-]. The molecule has 104 valence electrons. The summed E-state index contributed by atoms with van der Waals surface area (Å²) in [5, 5.41) is 10.9. The standard InChI is InChI=1S/C15H16N2O3/c1-3-11-16(12-4-2)15(18)10-9-13-7-5-6-8-14(13)17(19)20/h1,5-10H,4,11-12H2,2H3/b10-9+. The minimum atomic E-state index is -0.477. The Labute approximate surface area is 118 Å². The van der Waals surface area contributed by atoms with Crippen LogP contribution < -0.4 is 0 Å². The molecule has 0 atom stereocenters. The Morgan fingerprint density at radius 2 is 2.20 bits per heavy atom. The second-order valence-corrected chi connectivity index (χ2v) is 4.11. The summed E-state index contributed by atoms with van der Waals surface area (Å²) in [4.78, 5) is 23.8. The van der Waals surface area contributed by atoms with E-state index in [9.17, 15) is 14.9 Å². The quantitative estimate of drug-likeness (QED) is 0.346. The van der Waals surface area contributed by atoms with Crippen LogP contribution in [-0.4, -0.2) is 28.8 Å². The van der Waals surface area contributed by atoms with Gasteiger partial charge < -0.3 is 4.90 Å². The third-order valence-electron chi connectivity index (χ3n) is 2.63. The highest BCUT2D eigenvalue weighted by Gasteiger charge is 2.11. The Hall–Kier alpha value is -2.61. The second kappa shape index (κ2) is 7.74. The van der Waals surface area contributed by atoms with E-state index in [0.717, 1.165) is 6.42 Å². The minimum Gasteiger partial charge on any atom is -0.328 e. The number of carbonyl (C=O) groups excluding carboxylic acids is 1. The Kier molecular flexibility index (Phi) is 5.98. The van der Waals surface area contributed by atoms with Gasteiger partial charge in [0.25, 0.3) is 5.69 Å². The molecule has 0 saturated carbocycles. The Morgan fingerprint density at radius 1 is 1.50 bits per heavy atom. The zero-order valence-corrected chi connectivity index (χ0v) is 11.3. The van der Waals surface area contributed by atoms with E-state index in [2.05, 4.69) is 5.92 Å². The fraction of sp³-hybridized carbons (Fsp3) is 0.267. The summed E-state index contributed by atoms with van der Waals surface area (Å²) in [5.41, 5.74) is 0.360. The number of terminal acetylenes is 1. The smallest absolute Gasteiger partial charge is 0.276 e. The molecule has 5 heteroatoms. The van der Waals surface area contributed by atoms with Crippen molar-refractivity contribution in [3.05, 3.63) is 46.0 Å². The predicted molar refractivity (Wildman–Crippen MR) is 77.8 cm³/mol. The van der Waals surface area contributed by atoms with E-state index in [0.29, 0.717) is 12.1 Å². The maximum Gasteiger partial charge on any atom is 0.276 e. The molecule has 0 aliphatic carbocycles. The van der Waals surface area contributed by atoms with Crippen LogP contribution in [0.1, 0.15) is 18.9 Å². The molecule has 1 amide bonds. The van der Waals surface area contributed by atoms with Crippen molar-refractivity contribution >= 4 is 17.7 Å². The van der Waals surface area contributed by atoms with Crippen molar-refractivity contribution in [2.75, 3.05) is 13.1 Å². The molecule has 0 unspecified atom stereocenters. The molecule has 0 spiro atoms. The Morgan fingerprint density at radius 3 is 2.80 bits per heavy atom. The van der Waals surface area contributed by atoms with E-state index in [-0.39, 0.29) is 18.1 Å². The number of hydrogen-bond donors (Lipinski definition) is 0. The molecule has 0 fully saturated rings. The summed E-state index contributed by atoms with van der Waals surface area (Å²) < 4.78 is 0. The average molecular weight is 272 g/mol. The lowest BCUT2D eigenvalue weighted by Gasteiger charge is -2.16. The van der Waals surface area contributed by atoms with Crippen LogP contribution in [0.2, 0.25) is 0 Å². The van der Waals surface area contributed by atoms with Gasteiger partial charge in [0, 0.05) is 18.7 Å². The molecular weight excluding hydrogens is 256 g/mol. The number of carbonyl (C=O) groups is 1. The van der Waals surface area contributed by atoms with Crippen molar-refractivity contribution in [2.45, 2.75) is 13.3 Å². The summed E-state index contributed by atoms with van der Waals surface area (Å²) in [6.45, 7) is 2.74. The first-order chi connectivity index (χ1) is 9.60. The molecular formula is C15H16N2O3. The fourth-order valence-electron chi connectivity index (χ4n) is 1.71. The van der Waals surface area contributed by atoms with Gasteiger partial charge in [-0.2, -0.15) is 0 Å². The lowest BCUT2D eigenvalue weighted by atomic mass is 10.1. The zero-order valence-electron chi connectivity index (χ0n) is 11.3. The van der Waals surface area contributed by atoms with Gasteiger partial charge in [0.1, 0.15) is 0 Å². The molecule has 20 heavy (non-hydrogen) atoms. The van der Waals surface area contributed by atoms with Crippen molar-refractivity contribution < 1.29 is 9.72 Å². The molecule has 1 aromatic carbocycles. The number of nitro benzene ring substituents is 1. The van der Waals surface area contributed by atoms with Gasteiger partial charge in [0.05, 0.1) is 17.0 Å². The van der Waals surface area contributed by atoms with Crippen LogP contribution in [0.5, 0.6) is 0 Å². The lowest BCUT2D eigenvalue weighted by molar-refractivity contribution is -0.385. The van der Waals surface area contributed by atoms with E-state index < -0.39 is 4.92 Å². The topological polar surface area (TPSA) is 63.5 Å². The van der Waals surface area contributed by atoms with Crippen LogP contribution in [0.25, 0.3) is 6.08 Å². The number of nitrogens with zero attached hydrogens (tertiary/aromatic N) is 2. The third kappa shape index (κ3) is 4.25. The maximum absolute atomic E-state index is 12.0. The van der Waals surface area contributed by atoms with Gasteiger partial charge in [0.15, 0.2) is 0 Å². The van der Waals surface area contributed by atoms with Crippen LogP contribution in [0.3, 0.4) is 0 Å². The van der Waals surface area contributed by atoms with Gasteiger partial charge in [-0.25, -0.2) is 0 Å². The van der Waals surface area contributed by atoms with Gasteiger partial charge in [0.2, 0.25) is 5.91 Å². The van der Waals surface area contributed by atoms with Crippen LogP contribution >= 0.6 is 0 Å². The first-order valence-corrected chi connectivity index (χ1v) is 6.24. The summed E-state index contributed by atoms with van der Waals surface area (Å²) >= 11 is 0. The lowest BCUT2D eigenvalue weighted by Crippen LogP contribution is -2.30. The van der Waals surface area contributed by atoms with E-state index in [1.165, 1.54) is 23.1 Å². The van der Waals surface area contributed by atoms with Crippen molar-refractivity contribution in [3.8, 4) is 12.3 Å². The molecule has 1 rings (SSSR count). The highest BCUT2D eigenvalue weighted by atomic mass is 16.6. The molecule has 0 aromatic heterocycles. The highest BCUT2D eigenvalue weighted by molar-refractivity contribution is 5.92. The molecule has 5 nitrogen and oxygen atoms in total. The highest BCUT2D eigenvalue weighted by Crippen LogP contribution is 2.18. The Bertz CT molecular complexity index is 558. The van der Waals surface area contributed by atoms with Gasteiger partial charge in [-0.1, -0.05) is 25.0 Å². The zero-order chi connectivity index (χ0) is 15.0. The molecule has 0 aliphatic heterocycles. The maximum atomic E-state index is 12.0. The normalized spacial score (nSPS) is 10.2. The molecule has 0 saturated heterocycles. The summed E-state index contributed by atoms with van der Waals surface area (Å²) in [7, 11) is 0. The summed E-state index contributed by atoms with van der Waals surface area (Å²) in [6, 6.07) is 6.25.